The lowest BCUT2D eigenvalue weighted by molar-refractivity contribution is 0.388. The Morgan fingerprint density at radius 1 is 1.18 bits per heavy atom. The predicted octanol–water partition coefficient (Wildman–Crippen LogP) is 3.16. The molecule has 0 N–H and O–H groups in total. The van der Waals surface area contributed by atoms with E-state index < -0.39 is 0 Å². The minimum Gasteiger partial charge on any atom is -0.347 e. The summed E-state index contributed by atoms with van der Waals surface area (Å²) in [6.45, 7) is 4.45. The Labute approximate surface area is 104 Å². The molecule has 0 aliphatic heterocycles. The van der Waals surface area contributed by atoms with E-state index in [2.05, 4.69) is 60.9 Å². The topological polar surface area (TPSA) is 8.17 Å². The molecule has 0 radical (unpaired) electrons. The molecule has 1 heterocycles. The third-order valence-corrected chi connectivity index (χ3v) is 3.25. The fraction of sp³-hybridized carbons (Fsp3) is 0.467. The van der Waals surface area contributed by atoms with Gasteiger partial charge in [-0.2, -0.15) is 0 Å². The molecule has 0 aliphatic carbocycles. The summed E-state index contributed by atoms with van der Waals surface area (Å²) in [4.78, 5) is 2.24. The van der Waals surface area contributed by atoms with E-state index in [4.69, 9.17) is 0 Å². The first-order valence-electron chi connectivity index (χ1n) is 6.43. The Morgan fingerprint density at radius 2 is 2.00 bits per heavy atom. The van der Waals surface area contributed by atoms with E-state index in [-0.39, 0.29) is 0 Å². The maximum Gasteiger partial charge on any atom is 0.0480 e. The molecule has 2 nitrogen and oxygen atoms in total. The van der Waals surface area contributed by atoms with Crippen LogP contribution in [0.25, 0.3) is 10.9 Å². The van der Waals surface area contributed by atoms with Gasteiger partial charge in [-0.25, -0.2) is 0 Å². The lowest BCUT2D eigenvalue weighted by Gasteiger charge is -2.10. The molecule has 0 saturated carbocycles. The number of hydrogen-bond donors (Lipinski definition) is 0. The summed E-state index contributed by atoms with van der Waals surface area (Å²) in [6.07, 6.45) is 4.52. The lowest BCUT2D eigenvalue weighted by Crippen LogP contribution is -2.14. The van der Waals surface area contributed by atoms with Crippen LogP contribution in [0.3, 0.4) is 0 Å². The first-order valence-corrected chi connectivity index (χ1v) is 6.43. The average molecular weight is 230 g/mol. The summed E-state index contributed by atoms with van der Waals surface area (Å²) in [7, 11) is 4.25. The molecule has 0 saturated heterocycles. The number of rotatable bonds is 5. The Kier molecular flexibility index (Phi) is 3.85. The average Bonchev–Trinajstić information content (AvgIpc) is 2.71. The van der Waals surface area contributed by atoms with Crippen LogP contribution in [0.4, 0.5) is 0 Å². The van der Waals surface area contributed by atoms with Crippen molar-refractivity contribution in [3.8, 4) is 0 Å². The van der Waals surface area contributed by atoms with Crippen molar-refractivity contribution in [1.29, 1.82) is 0 Å². The van der Waals surface area contributed by atoms with Gasteiger partial charge in [0.1, 0.15) is 0 Å². The molecular weight excluding hydrogens is 208 g/mol. The summed E-state index contributed by atoms with van der Waals surface area (Å²) in [5.74, 6) is 0. The molecule has 1 aromatic carbocycles. The van der Waals surface area contributed by atoms with Gasteiger partial charge in [0.15, 0.2) is 0 Å². The predicted molar refractivity (Wildman–Crippen MR) is 74.5 cm³/mol. The summed E-state index contributed by atoms with van der Waals surface area (Å²) in [5.41, 5.74) is 2.78. The van der Waals surface area contributed by atoms with Crippen LogP contribution in [0, 0.1) is 0 Å². The zero-order chi connectivity index (χ0) is 12.3. The van der Waals surface area contributed by atoms with Gasteiger partial charge in [0, 0.05) is 18.3 Å². The highest BCUT2D eigenvalue weighted by atomic mass is 15.1. The smallest absolute Gasteiger partial charge is 0.0480 e. The Morgan fingerprint density at radius 3 is 2.71 bits per heavy atom. The third kappa shape index (κ3) is 2.89. The molecule has 0 fully saturated rings. The molecule has 1 aromatic heterocycles. The van der Waals surface area contributed by atoms with Crippen molar-refractivity contribution < 1.29 is 0 Å². The van der Waals surface area contributed by atoms with E-state index in [1.165, 1.54) is 22.9 Å². The molecule has 17 heavy (non-hydrogen) atoms. The van der Waals surface area contributed by atoms with Crippen LogP contribution in [0.15, 0.2) is 30.5 Å². The highest BCUT2D eigenvalue weighted by molar-refractivity contribution is 5.80. The monoisotopic (exact) mass is 230 g/mol. The van der Waals surface area contributed by atoms with E-state index in [1.807, 2.05) is 0 Å². The number of benzene rings is 1. The van der Waals surface area contributed by atoms with Crippen LogP contribution in [0.1, 0.15) is 18.9 Å². The lowest BCUT2D eigenvalue weighted by atomic mass is 10.1. The van der Waals surface area contributed by atoms with Crippen molar-refractivity contribution in [2.75, 3.05) is 20.6 Å². The first-order chi connectivity index (χ1) is 8.20. The molecule has 0 spiro atoms. The molecule has 0 unspecified atom stereocenters. The number of nitrogens with zero attached hydrogens (tertiary/aromatic N) is 2. The minimum atomic E-state index is 1.10. The largest absolute Gasteiger partial charge is 0.347 e. The second kappa shape index (κ2) is 5.37. The van der Waals surface area contributed by atoms with Gasteiger partial charge < -0.3 is 9.47 Å². The van der Waals surface area contributed by atoms with Gasteiger partial charge in [0.05, 0.1) is 0 Å². The van der Waals surface area contributed by atoms with Gasteiger partial charge in [-0.3, -0.25) is 0 Å². The molecule has 92 valence electrons. The second-order valence-corrected chi connectivity index (χ2v) is 4.91. The van der Waals surface area contributed by atoms with E-state index in [0.29, 0.717) is 0 Å². The molecule has 0 bridgehead atoms. The Bertz CT molecular complexity index is 483. The van der Waals surface area contributed by atoms with Crippen molar-refractivity contribution in [2.45, 2.75) is 26.3 Å². The van der Waals surface area contributed by atoms with Crippen molar-refractivity contribution in [2.24, 2.45) is 0 Å². The molecule has 2 aromatic rings. The zero-order valence-corrected chi connectivity index (χ0v) is 11.1. The van der Waals surface area contributed by atoms with Gasteiger partial charge in [0.2, 0.25) is 0 Å². The second-order valence-electron chi connectivity index (χ2n) is 4.91. The van der Waals surface area contributed by atoms with Gasteiger partial charge in [-0.1, -0.05) is 13.0 Å². The fourth-order valence-electron chi connectivity index (χ4n) is 2.22. The number of aromatic nitrogens is 1. The van der Waals surface area contributed by atoms with Crippen molar-refractivity contribution in [3.05, 3.63) is 36.0 Å². The highest BCUT2D eigenvalue weighted by Gasteiger charge is 2.01. The number of fused-ring (bicyclic) bond motifs is 1. The first kappa shape index (κ1) is 12.2. The van der Waals surface area contributed by atoms with Gasteiger partial charge in [-0.05, 0) is 62.6 Å². The van der Waals surface area contributed by atoms with E-state index >= 15 is 0 Å². The molecule has 0 aliphatic rings. The standard InChI is InChI=1S/C15H22N2/c1-4-13-6-7-15-14(12-13)8-11-17(15)10-5-9-16(2)3/h6-8,11-12H,4-5,9-10H2,1-3H3. The van der Waals surface area contributed by atoms with Crippen LogP contribution in [0.5, 0.6) is 0 Å². The van der Waals surface area contributed by atoms with Gasteiger partial charge in [-0.15, -0.1) is 0 Å². The van der Waals surface area contributed by atoms with Crippen LogP contribution < -0.4 is 0 Å². The molecule has 0 amide bonds. The van der Waals surface area contributed by atoms with E-state index in [1.54, 1.807) is 0 Å². The summed E-state index contributed by atoms with van der Waals surface area (Å²) in [6, 6.07) is 9.02. The minimum absolute atomic E-state index is 1.10. The molecular formula is C15H22N2. The molecule has 0 atom stereocenters. The maximum absolute atomic E-state index is 2.36. The van der Waals surface area contributed by atoms with Crippen LogP contribution >= 0.6 is 0 Å². The Balaban J connectivity index is 2.13. The van der Waals surface area contributed by atoms with Crippen molar-refractivity contribution in [3.63, 3.8) is 0 Å². The van der Waals surface area contributed by atoms with Gasteiger partial charge >= 0.3 is 0 Å². The van der Waals surface area contributed by atoms with Gasteiger partial charge in [0.25, 0.3) is 0 Å². The Hall–Kier alpha value is -1.28. The van der Waals surface area contributed by atoms with E-state index in [9.17, 15) is 0 Å². The number of hydrogen-bond acceptors (Lipinski definition) is 1. The third-order valence-electron chi connectivity index (χ3n) is 3.25. The SMILES string of the molecule is CCc1ccc2c(ccn2CCCN(C)C)c1. The van der Waals surface area contributed by atoms with E-state index in [0.717, 1.165) is 19.5 Å². The molecule has 2 heteroatoms. The van der Waals surface area contributed by atoms with Crippen LogP contribution in [-0.4, -0.2) is 30.1 Å². The number of aryl methyl sites for hydroxylation is 2. The highest BCUT2D eigenvalue weighted by Crippen LogP contribution is 2.18. The fourth-order valence-corrected chi connectivity index (χ4v) is 2.22. The van der Waals surface area contributed by atoms with Crippen LogP contribution in [-0.2, 0) is 13.0 Å². The maximum atomic E-state index is 2.36. The normalized spacial score (nSPS) is 11.5. The summed E-state index contributed by atoms with van der Waals surface area (Å²) < 4.78 is 2.36. The zero-order valence-electron chi connectivity index (χ0n) is 11.1. The van der Waals surface area contributed by atoms with Crippen molar-refractivity contribution >= 4 is 10.9 Å². The summed E-state index contributed by atoms with van der Waals surface area (Å²) in [5, 5.41) is 1.37. The molecule has 2 rings (SSSR count). The van der Waals surface area contributed by atoms with Crippen molar-refractivity contribution in [1.82, 2.24) is 9.47 Å². The quantitative estimate of drug-likeness (QED) is 0.766. The van der Waals surface area contributed by atoms with Crippen LogP contribution in [0.2, 0.25) is 0 Å². The summed E-state index contributed by atoms with van der Waals surface area (Å²) >= 11 is 0.